The number of aryl methyl sites for hydroxylation is 1. The van der Waals surface area contributed by atoms with Gasteiger partial charge < -0.3 is 5.32 Å². The lowest BCUT2D eigenvalue weighted by atomic mass is 10.2. The quantitative estimate of drug-likeness (QED) is 0.767. The lowest BCUT2D eigenvalue weighted by Crippen LogP contribution is -2.43. The molecule has 0 spiro atoms. The Morgan fingerprint density at radius 3 is 3.06 bits per heavy atom. The Kier molecular flexibility index (Phi) is 2.17. The second-order valence-corrected chi connectivity index (χ2v) is 3.80. The Balaban J connectivity index is 1.91. The van der Waals surface area contributed by atoms with Crippen molar-refractivity contribution in [1.29, 1.82) is 0 Å². The van der Waals surface area contributed by atoms with Gasteiger partial charge in [0, 0.05) is 19.6 Å². The SMILES string of the molecule is CCn1ncnc1-c1cn(C2CNC2)nn1. The van der Waals surface area contributed by atoms with E-state index in [-0.39, 0.29) is 0 Å². The van der Waals surface area contributed by atoms with Crippen LogP contribution in [0.4, 0.5) is 0 Å². The van der Waals surface area contributed by atoms with Crippen molar-refractivity contribution in [3.05, 3.63) is 12.5 Å². The summed E-state index contributed by atoms with van der Waals surface area (Å²) in [6.45, 7) is 4.73. The highest BCUT2D eigenvalue weighted by molar-refractivity contribution is 5.46. The van der Waals surface area contributed by atoms with Gasteiger partial charge in [0.2, 0.25) is 0 Å². The fraction of sp³-hybridized carbons (Fsp3) is 0.556. The molecule has 1 aliphatic rings. The first-order valence-electron chi connectivity index (χ1n) is 5.39. The number of nitrogens with zero attached hydrogens (tertiary/aromatic N) is 6. The summed E-state index contributed by atoms with van der Waals surface area (Å²) in [5.41, 5.74) is 0.784. The molecule has 2 aromatic rings. The molecule has 1 saturated heterocycles. The summed E-state index contributed by atoms with van der Waals surface area (Å²) in [5.74, 6) is 0.779. The van der Waals surface area contributed by atoms with Gasteiger partial charge in [0.1, 0.15) is 12.0 Å². The molecule has 0 atom stereocenters. The van der Waals surface area contributed by atoms with E-state index in [4.69, 9.17) is 0 Å². The Bertz CT molecular complexity index is 482. The minimum atomic E-state index is 0.430. The van der Waals surface area contributed by atoms with Crippen LogP contribution in [0.25, 0.3) is 11.5 Å². The maximum absolute atomic E-state index is 4.19. The summed E-state index contributed by atoms with van der Waals surface area (Å²) in [6.07, 6.45) is 3.48. The first kappa shape index (κ1) is 9.46. The molecule has 0 radical (unpaired) electrons. The molecule has 0 bridgehead atoms. The number of nitrogens with one attached hydrogen (secondary N) is 1. The molecule has 0 aliphatic carbocycles. The second kappa shape index (κ2) is 3.67. The van der Waals surface area contributed by atoms with Crippen molar-refractivity contribution in [2.75, 3.05) is 13.1 Å². The minimum Gasteiger partial charge on any atom is -0.312 e. The Morgan fingerprint density at radius 2 is 2.38 bits per heavy atom. The molecule has 0 amide bonds. The molecular weight excluding hydrogens is 206 g/mol. The number of aromatic nitrogens is 6. The van der Waals surface area contributed by atoms with Crippen molar-refractivity contribution in [2.45, 2.75) is 19.5 Å². The van der Waals surface area contributed by atoms with E-state index in [1.54, 1.807) is 6.33 Å². The zero-order chi connectivity index (χ0) is 11.0. The molecule has 16 heavy (non-hydrogen) atoms. The van der Waals surface area contributed by atoms with Gasteiger partial charge in [-0.2, -0.15) is 5.10 Å². The van der Waals surface area contributed by atoms with E-state index >= 15 is 0 Å². The summed E-state index contributed by atoms with van der Waals surface area (Å²) >= 11 is 0. The molecule has 0 saturated carbocycles. The van der Waals surface area contributed by atoms with E-state index in [9.17, 15) is 0 Å². The average Bonchev–Trinajstić information content (AvgIpc) is 2.81. The Morgan fingerprint density at radius 1 is 1.50 bits per heavy atom. The van der Waals surface area contributed by atoms with E-state index in [2.05, 4.69) is 25.7 Å². The third kappa shape index (κ3) is 1.40. The van der Waals surface area contributed by atoms with Gasteiger partial charge in [-0.15, -0.1) is 5.10 Å². The number of hydrogen-bond donors (Lipinski definition) is 1. The monoisotopic (exact) mass is 219 g/mol. The first-order chi connectivity index (χ1) is 7.88. The summed E-state index contributed by atoms with van der Waals surface area (Å²) < 4.78 is 3.70. The van der Waals surface area contributed by atoms with E-state index in [1.165, 1.54) is 0 Å². The molecule has 0 aromatic carbocycles. The van der Waals surface area contributed by atoms with Crippen molar-refractivity contribution in [3.63, 3.8) is 0 Å². The smallest absolute Gasteiger partial charge is 0.180 e. The highest BCUT2D eigenvalue weighted by Gasteiger charge is 2.21. The predicted molar refractivity (Wildman–Crippen MR) is 56.6 cm³/mol. The zero-order valence-electron chi connectivity index (χ0n) is 9.04. The van der Waals surface area contributed by atoms with Crippen molar-refractivity contribution in [3.8, 4) is 11.5 Å². The standard InChI is InChI=1S/C9H13N7/c1-2-15-9(11-6-12-15)8-5-16(14-13-8)7-3-10-4-7/h5-7,10H,2-4H2,1H3. The zero-order valence-corrected chi connectivity index (χ0v) is 9.04. The fourth-order valence-electron chi connectivity index (χ4n) is 1.71. The summed E-state index contributed by atoms with van der Waals surface area (Å²) in [5, 5.41) is 15.6. The van der Waals surface area contributed by atoms with Crippen molar-refractivity contribution < 1.29 is 0 Å². The van der Waals surface area contributed by atoms with Crippen LogP contribution >= 0.6 is 0 Å². The molecule has 1 aliphatic heterocycles. The van der Waals surface area contributed by atoms with E-state index in [0.29, 0.717) is 6.04 Å². The van der Waals surface area contributed by atoms with Crippen LogP contribution in [-0.2, 0) is 6.54 Å². The molecule has 7 heteroatoms. The predicted octanol–water partition coefficient (Wildman–Crippen LogP) is -0.299. The normalized spacial score (nSPS) is 16.3. The molecule has 3 rings (SSSR count). The van der Waals surface area contributed by atoms with Crippen LogP contribution in [0.2, 0.25) is 0 Å². The first-order valence-corrected chi connectivity index (χ1v) is 5.39. The topological polar surface area (TPSA) is 73.5 Å². The maximum Gasteiger partial charge on any atom is 0.180 e. The van der Waals surface area contributed by atoms with Crippen LogP contribution in [0.15, 0.2) is 12.5 Å². The summed E-state index contributed by atoms with van der Waals surface area (Å²) in [7, 11) is 0. The molecule has 1 fully saturated rings. The molecular formula is C9H13N7. The van der Waals surface area contributed by atoms with Gasteiger partial charge in [0.15, 0.2) is 5.82 Å². The lowest BCUT2D eigenvalue weighted by Gasteiger charge is -2.26. The molecule has 7 nitrogen and oxygen atoms in total. The van der Waals surface area contributed by atoms with Gasteiger partial charge >= 0.3 is 0 Å². The van der Waals surface area contributed by atoms with Gasteiger partial charge in [0.25, 0.3) is 0 Å². The van der Waals surface area contributed by atoms with Crippen molar-refractivity contribution in [1.82, 2.24) is 35.1 Å². The van der Waals surface area contributed by atoms with Gasteiger partial charge in [-0.05, 0) is 6.92 Å². The highest BCUT2D eigenvalue weighted by atomic mass is 15.5. The van der Waals surface area contributed by atoms with Crippen LogP contribution in [0.5, 0.6) is 0 Å². The van der Waals surface area contributed by atoms with Crippen LogP contribution in [0, 0.1) is 0 Å². The fourth-order valence-corrected chi connectivity index (χ4v) is 1.71. The third-order valence-electron chi connectivity index (χ3n) is 2.79. The molecule has 0 unspecified atom stereocenters. The van der Waals surface area contributed by atoms with Crippen LogP contribution in [0.1, 0.15) is 13.0 Å². The maximum atomic E-state index is 4.19. The number of rotatable bonds is 3. The minimum absolute atomic E-state index is 0.430. The lowest BCUT2D eigenvalue weighted by molar-refractivity contribution is 0.313. The van der Waals surface area contributed by atoms with Crippen LogP contribution < -0.4 is 5.32 Å². The molecule has 2 aromatic heterocycles. The Labute approximate surface area is 92.5 Å². The second-order valence-electron chi connectivity index (χ2n) is 3.80. The van der Waals surface area contributed by atoms with Crippen LogP contribution in [0.3, 0.4) is 0 Å². The highest BCUT2D eigenvalue weighted by Crippen LogP contribution is 2.16. The number of hydrogen-bond acceptors (Lipinski definition) is 5. The van der Waals surface area contributed by atoms with Gasteiger partial charge in [-0.3, -0.25) is 0 Å². The van der Waals surface area contributed by atoms with Gasteiger partial charge in [-0.1, -0.05) is 5.21 Å². The average molecular weight is 219 g/mol. The largest absolute Gasteiger partial charge is 0.312 e. The van der Waals surface area contributed by atoms with E-state index in [1.807, 2.05) is 22.5 Å². The molecule has 3 heterocycles. The van der Waals surface area contributed by atoms with E-state index in [0.717, 1.165) is 31.2 Å². The Hall–Kier alpha value is -1.76. The third-order valence-corrected chi connectivity index (χ3v) is 2.79. The van der Waals surface area contributed by atoms with E-state index < -0.39 is 0 Å². The summed E-state index contributed by atoms with van der Waals surface area (Å²) in [4.78, 5) is 4.19. The van der Waals surface area contributed by atoms with Crippen LogP contribution in [-0.4, -0.2) is 42.8 Å². The molecule has 1 N–H and O–H groups in total. The van der Waals surface area contributed by atoms with Gasteiger partial charge in [0.05, 0.1) is 12.2 Å². The van der Waals surface area contributed by atoms with Crippen molar-refractivity contribution in [2.24, 2.45) is 0 Å². The van der Waals surface area contributed by atoms with Gasteiger partial charge in [-0.25, -0.2) is 14.3 Å². The summed E-state index contributed by atoms with van der Waals surface area (Å²) in [6, 6.07) is 0.430. The molecule has 84 valence electrons. The van der Waals surface area contributed by atoms with Crippen molar-refractivity contribution >= 4 is 0 Å².